The zero-order chi connectivity index (χ0) is 40.7. The number of rotatable bonds is 10. The van der Waals surface area contributed by atoms with Crippen LogP contribution in [0.15, 0.2) is 66.7 Å². The number of ether oxygens (including phenoxy) is 4. The minimum atomic E-state index is -0.304. The van der Waals surface area contributed by atoms with Crippen LogP contribution in [0, 0.1) is 0 Å². The number of likely N-dealkylation sites (N-methyl/N-ethyl adjacent to an activating group) is 1. The summed E-state index contributed by atoms with van der Waals surface area (Å²) in [6, 6.07) is 20.7. The topological polar surface area (TPSA) is 137 Å². The van der Waals surface area contributed by atoms with E-state index in [0.717, 1.165) is 80.9 Å². The first kappa shape index (κ1) is 42.4. The van der Waals surface area contributed by atoms with Crippen LogP contribution in [-0.2, 0) is 14.2 Å². The largest absolute Gasteiger partial charge is 0.495 e. The van der Waals surface area contributed by atoms with Gasteiger partial charge in [0.1, 0.15) is 5.75 Å². The molecule has 3 aromatic rings. The zero-order valence-electron chi connectivity index (χ0n) is 33.9. The number of methoxy groups -OCH3 is 1. The average Bonchev–Trinajstić information content (AvgIpc) is 3.24. The van der Waals surface area contributed by atoms with Gasteiger partial charge in [0, 0.05) is 101 Å². The van der Waals surface area contributed by atoms with Gasteiger partial charge in [-0.3, -0.25) is 4.79 Å². The summed E-state index contributed by atoms with van der Waals surface area (Å²) in [6.07, 6.45) is -0.506. The molecule has 0 atom stereocenters. The number of nitrogens with one attached hydrogen (secondary N) is 1. The van der Waals surface area contributed by atoms with Crippen molar-refractivity contribution < 1.29 is 38.1 Å². The summed E-state index contributed by atoms with van der Waals surface area (Å²) in [5.74, 6) is 0.347. The molecule has 0 radical (unpaired) electrons. The molecule has 308 valence electrons. The molecule has 3 saturated heterocycles. The van der Waals surface area contributed by atoms with E-state index >= 15 is 0 Å². The van der Waals surface area contributed by atoms with Crippen LogP contribution in [-0.4, -0.2) is 151 Å². The lowest BCUT2D eigenvalue weighted by Crippen LogP contribution is -2.49. The van der Waals surface area contributed by atoms with Crippen molar-refractivity contribution >= 4 is 46.8 Å². The number of amides is 3. The second kappa shape index (κ2) is 21.0. The number of hydrogen-bond acceptors (Lipinski definition) is 12. The van der Waals surface area contributed by atoms with Gasteiger partial charge in [0.25, 0.3) is 5.91 Å². The van der Waals surface area contributed by atoms with Crippen LogP contribution in [0.5, 0.6) is 5.75 Å². The number of carbonyl (C=O) groups excluding carboxylic acids is 4. The molecule has 15 heteroatoms. The summed E-state index contributed by atoms with van der Waals surface area (Å²) in [4.78, 5) is 60.5. The van der Waals surface area contributed by atoms with E-state index in [1.807, 2.05) is 61.5 Å². The van der Waals surface area contributed by atoms with Crippen molar-refractivity contribution in [1.82, 2.24) is 14.7 Å². The van der Waals surface area contributed by atoms with Crippen molar-refractivity contribution in [3.63, 3.8) is 0 Å². The quantitative estimate of drug-likeness (QED) is 0.216. The van der Waals surface area contributed by atoms with Crippen molar-refractivity contribution in [3.05, 3.63) is 77.9 Å². The Morgan fingerprint density at radius 2 is 1.02 bits per heavy atom. The molecule has 0 aromatic heterocycles. The average molecular weight is 788 g/mol. The van der Waals surface area contributed by atoms with Crippen LogP contribution >= 0.6 is 0 Å². The van der Waals surface area contributed by atoms with Gasteiger partial charge in [-0.05, 0) is 94.5 Å². The summed E-state index contributed by atoms with van der Waals surface area (Å²) >= 11 is 0. The smallest absolute Gasteiger partial charge is 0.409 e. The molecular weight excluding hydrogens is 731 g/mol. The highest BCUT2D eigenvalue weighted by Crippen LogP contribution is 2.32. The Hall–Kier alpha value is -5.70. The molecule has 0 saturated carbocycles. The van der Waals surface area contributed by atoms with Crippen LogP contribution < -0.4 is 24.8 Å². The van der Waals surface area contributed by atoms with Crippen LogP contribution in [0.4, 0.5) is 32.3 Å². The minimum absolute atomic E-state index is 0.154. The molecule has 3 heterocycles. The van der Waals surface area contributed by atoms with Gasteiger partial charge in [-0.1, -0.05) is 0 Å². The van der Waals surface area contributed by atoms with E-state index in [4.69, 9.17) is 18.9 Å². The van der Waals surface area contributed by atoms with E-state index < -0.39 is 0 Å². The number of anilines is 4. The van der Waals surface area contributed by atoms with Gasteiger partial charge < -0.3 is 53.7 Å². The van der Waals surface area contributed by atoms with Gasteiger partial charge in [0.05, 0.1) is 38.2 Å². The Labute approximate surface area is 336 Å². The predicted molar refractivity (Wildman–Crippen MR) is 221 cm³/mol. The maximum Gasteiger partial charge on any atom is 0.409 e. The lowest BCUT2D eigenvalue weighted by Gasteiger charge is -2.35. The van der Waals surface area contributed by atoms with Crippen molar-refractivity contribution in [1.29, 1.82) is 0 Å². The normalized spacial score (nSPS) is 15.9. The second-order valence-corrected chi connectivity index (χ2v) is 13.8. The van der Waals surface area contributed by atoms with E-state index in [2.05, 4.69) is 32.0 Å². The standard InChI is InChI=1S/C26H35N5O4.C16H22N2O4/c1-4-35-26(33)31-17-15-29(16-18-31)22-8-5-20(6-9-22)25(32)27-21-7-10-24(34-3)23(19-21)30-13-11-28(2)12-14-30;1-3-21-15(19)13-5-7-14(8-6-13)17-9-11-18(12-10-17)16(20)22-4-2/h5-10,19H,4,11-18H2,1-3H3,(H,27,32);5-8H,3-4,9-12H2,1-2H3. The Morgan fingerprint density at radius 1 is 0.561 bits per heavy atom. The van der Waals surface area contributed by atoms with Gasteiger partial charge in [-0.25, -0.2) is 14.4 Å². The molecule has 0 aliphatic carbocycles. The molecule has 1 N–H and O–H groups in total. The summed E-state index contributed by atoms with van der Waals surface area (Å²) in [6.45, 7) is 15.8. The van der Waals surface area contributed by atoms with Crippen molar-refractivity contribution in [2.75, 3.05) is 133 Å². The van der Waals surface area contributed by atoms with Crippen LogP contribution in [0.3, 0.4) is 0 Å². The first-order valence-electron chi connectivity index (χ1n) is 19.8. The van der Waals surface area contributed by atoms with Crippen molar-refractivity contribution in [2.24, 2.45) is 0 Å². The molecular formula is C42H57N7O8. The zero-order valence-corrected chi connectivity index (χ0v) is 33.9. The number of benzene rings is 3. The summed E-state index contributed by atoms with van der Waals surface area (Å²) < 4.78 is 20.6. The Kier molecular flexibility index (Phi) is 15.6. The van der Waals surface area contributed by atoms with Crippen LogP contribution in [0.2, 0.25) is 0 Å². The highest BCUT2D eigenvalue weighted by atomic mass is 16.6. The SMILES string of the molecule is CCOC(=O)N1CCN(c2ccc(C(=O)Nc3ccc(OC)c(N4CCN(C)CC4)c3)cc2)CC1.CCOC(=O)c1ccc(N2CCN(C(=O)OCC)CC2)cc1. The van der Waals surface area contributed by atoms with Crippen LogP contribution in [0.1, 0.15) is 41.5 Å². The molecule has 15 nitrogen and oxygen atoms in total. The molecule has 3 aliphatic rings. The fourth-order valence-corrected chi connectivity index (χ4v) is 6.84. The number of esters is 1. The Morgan fingerprint density at radius 3 is 1.47 bits per heavy atom. The molecule has 6 rings (SSSR count). The Balaban J connectivity index is 0.000000242. The van der Waals surface area contributed by atoms with Gasteiger partial charge in [-0.15, -0.1) is 0 Å². The monoisotopic (exact) mass is 787 g/mol. The summed E-state index contributed by atoms with van der Waals surface area (Å²) in [7, 11) is 3.80. The van der Waals surface area contributed by atoms with Gasteiger partial charge in [-0.2, -0.15) is 0 Å². The third-order valence-electron chi connectivity index (χ3n) is 10.1. The fourth-order valence-electron chi connectivity index (χ4n) is 6.84. The van der Waals surface area contributed by atoms with Gasteiger partial charge >= 0.3 is 18.2 Å². The molecule has 3 amide bonds. The van der Waals surface area contributed by atoms with Gasteiger partial charge in [0.15, 0.2) is 0 Å². The third-order valence-corrected chi connectivity index (χ3v) is 10.1. The highest BCUT2D eigenvalue weighted by molar-refractivity contribution is 6.04. The molecule has 0 spiro atoms. The van der Waals surface area contributed by atoms with Gasteiger partial charge in [0.2, 0.25) is 0 Å². The van der Waals surface area contributed by atoms with Crippen LogP contribution in [0.25, 0.3) is 0 Å². The first-order chi connectivity index (χ1) is 27.6. The van der Waals surface area contributed by atoms with E-state index in [0.29, 0.717) is 57.1 Å². The molecule has 0 bridgehead atoms. The number of nitrogens with zero attached hydrogens (tertiary/aromatic N) is 6. The molecule has 3 aliphatic heterocycles. The molecule has 0 unspecified atom stereocenters. The number of piperazine rings is 3. The Bertz CT molecular complexity index is 1770. The minimum Gasteiger partial charge on any atom is -0.495 e. The van der Waals surface area contributed by atoms with E-state index in [-0.39, 0.29) is 24.1 Å². The second-order valence-electron chi connectivity index (χ2n) is 13.8. The predicted octanol–water partition coefficient (Wildman–Crippen LogP) is 5.12. The van der Waals surface area contributed by atoms with E-state index in [9.17, 15) is 19.2 Å². The third kappa shape index (κ3) is 11.7. The molecule has 57 heavy (non-hydrogen) atoms. The van der Waals surface area contributed by atoms with E-state index in [1.165, 1.54) is 0 Å². The number of carbonyl (C=O) groups is 4. The fraction of sp³-hybridized carbons (Fsp3) is 0.476. The highest BCUT2D eigenvalue weighted by Gasteiger charge is 2.24. The summed E-state index contributed by atoms with van der Waals surface area (Å²) in [5, 5.41) is 3.02. The summed E-state index contributed by atoms with van der Waals surface area (Å²) in [5.41, 5.74) is 4.95. The van der Waals surface area contributed by atoms with Crippen molar-refractivity contribution in [2.45, 2.75) is 20.8 Å². The number of hydrogen-bond donors (Lipinski definition) is 1. The lowest BCUT2D eigenvalue weighted by atomic mass is 10.1. The maximum absolute atomic E-state index is 12.9. The lowest BCUT2D eigenvalue weighted by molar-refractivity contribution is 0.0526. The molecule has 3 aromatic carbocycles. The van der Waals surface area contributed by atoms with E-state index in [1.54, 1.807) is 42.9 Å². The molecule has 3 fully saturated rings. The first-order valence-corrected chi connectivity index (χ1v) is 19.8. The maximum atomic E-state index is 12.9. The van der Waals surface area contributed by atoms with Crippen molar-refractivity contribution in [3.8, 4) is 5.75 Å².